The largest absolute Gasteiger partial charge is 0.338 e. The van der Waals surface area contributed by atoms with Gasteiger partial charge in [0.2, 0.25) is 0 Å². The minimum Gasteiger partial charge on any atom is -0.338 e. The molecule has 4 nitrogen and oxygen atoms in total. The molecular weight excluding hydrogens is 202 g/mol. The van der Waals surface area contributed by atoms with E-state index in [0.717, 1.165) is 32.4 Å². The first-order valence-corrected chi connectivity index (χ1v) is 5.78. The second kappa shape index (κ2) is 5.49. The van der Waals surface area contributed by atoms with Gasteiger partial charge in [-0.05, 0) is 37.0 Å². The van der Waals surface area contributed by atoms with Crippen LogP contribution in [0.15, 0.2) is 24.5 Å². The van der Waals surface area contributed by atoms with Crippen LogP contribution in [0.2, 0.25) is 0 Å². The third-order valence-corrected chi connectivity index (χ3v) is 2.83. The van der Waals surface area contributed by atoms with Crippen LogP contribution >= 0.6 is 0 Å². The first kappa shape index (κ1) is 10.9. The van der Waals surface area contributed by atoms with Crippen molar-refractivity contribution in [2.75, 3.05) is 19.6 Å². The predicted molar refractivity (Wildman–Crippen MR) is 62.1 cm³/mol. The van der Waals surface area contributed by atoms with Gasteiger partial charge < -0.3 is 10.2 Å². The highest BCUT2D eigenvalue weighted by atomic mass is 16.2. The number of hydrogen-bond donors (Lipinski definition) is 1. The van der Waals surface area contributed by atoms with Gasteiger partial charge in [0.1, 0.15) is 0 Å². The lowest BCUT2D eigenvalue weighted by Crippen LogP contribution is -2.38. The van der Waals surface area contributed by atoms with Crippen molar-refractivity contribution in [2.24, 2.45) is 0 Å². The third-order valence-electron chi connectivity index (χ3n) is 2.83. The van der Waals surface area contributed by atoms with E-state index in [1.54, 1.807) is 12.4 Å². The quantitative estimate of drug-likeness (QED) is 0.835. The molecule has 0 radical (unpaired) electrons. The Morgan fingerprint density at radius 3 is 2.69 bits per heavy atom. The molecule has 0 unspecified atom stereocenters. The molecule has 1 aromatic rings. The monoisotopic (exact) mass is 219 g/mol. The fraction of sp³-hybridized carbons (Fsp3) is 0.500. The molecule has 2 heterocycles. The summed E-state index contributed by atoms with van der Waals surface area (Å²) in [6, 6.07) is 4.02. The number of carbonyl (C=O) groups is 1. The second-order valence-electron chi connectivity index (χ2n) is 4.03. The van der Waals surface area contributed by atoms with Gasteiger partial charge in [0, 0.05) is 32.0 Å². The molecule has 1 saturated heterocycles. The summed E-state index contributed by atoms with van der Waals surface area (Å²) >= 11 is 0. The maximum absolute atomic E-state index is 11.6. The number of nitrogens with one attached hydrogen (secondary N) is 1. The molecule has 16 heavy (non-hydrogen) atoms. The second-order valence-corrected chi connectivity index (χ2v) is 4.03. The van der Waals surface area contributed by atoms with Crippen LogP contribution in [-0.4, -0.2) is 35.5 Å². The molecular formula is C12H17N3O. The zero-order chi connectivity index (χ0) is 11.2. The van der Waals surface area contributed by atoms with Gasteiger partial charge >= 0.3 is 6.03 Å². The summed E-state index contributed by atoms with van der Waals surface area (Å²) in [7, 11) is 0. The van der Waals surface area contributed by atoms with Crippen LogP contribution < -0.4 is 5.32 Å². The van der Waals surface area contributed by atoms with Gasteiger partial charge in [-0.15, -0.1) is 0 Å². The van der Waals surface area contributed by atoms with E-state index in [9.17, 15) is 4.79 Å². The summed E-state index contributed by atoms with van der Waals surface area (Å²) in [5, 5.41) is 2.94. The maximum atomic E-state index is 11.6. The molecule has 86 valence electrons. The molecule has 0 bridgehead atoms. The fourth-order valence-electron chi connectivity index (χ4n) is 1.90. The molecule has 0 spiro atoms. The first-order valence-electron chi connectivity index (χ1n) is 5.78. The maximum Gasteiger partial charge on any atom is 0.317 e. The number of rotatable bonds is 3. The molecule has 1 fully saturated rings. The zero-order valence-electron chi connectivity index (χ0n) is 9.35. The van der Waals surface area contributed by atoms with E-state index in [4.69, 9.17) is 0 Å². The Hall–Kier alpha value is -1.58. The Morgan fingerprint density at radius 2 is 2.00 bits per heavy atom. The van der Waals surface area contributed by atoms with Crippen molar-refractivity contribution in [3.05, 3.63) is 30.1 Å². The zero-order valence-corrected chi connectivity index (χ0v) is 9.35. The third kappa shape index (κ3) is 2.95. The molecule has 1 aromatic heterocycles. The molecule has 0 atom stereocenters. The van der Waals surface area contributed by atoms with Gasteiger partial charge in [0.15, 0.2) is 0 Å². The van der Waals surface area contributed by atoms with E-state index in [1.807, 2.05) is 17.0 Å². The fourth-order valence-corrected chi connectivity index (χ4v) is 1.90. The van der Waals surface area contributed by atoms with Gasteiger partial charge in [-0.25, -0.2) is 4.79 Å². The normalized spacial score (nSPS) is 15.1. The highest BCUT2D eigenvalue weighted by Crippen LogP contribution is 2.06. The van der Waals surface area contributed by atoms with Crippen molar-refractivity contribution < 1.29 is 4.79 Å². The number of amides is 2. The first-order chi connectivity index (χ1) is 7.86. The Kier molecular flexibility index (Phi) is 3.75. The highest BCUT2D eigenvalue weighted by Gasteiger charge is 2.16. The van der Waals surface area contributed by atoms with Crippen molar-refractivity contribution in [1.29, 1.82) is 0 Å². The van der Waals surface area contributed by atoms with Crippen LogP contribution in [0.1, 0.15) is 18.4 Å². The lowest BCUT2D eigenvalue weighted by atomic mass is 10.2. The van der Waals surface area contributed by atoms with Crippen molar-refractivity contribution in [3.63, 3.8) is 0 Å². The van der Waals surface area contributed by atoms with Crippen LogP contribution in [0.25, 0.3) is 0 Å². The molecule has 1 aliphatic heterocycles. The molecule has 1 aliphatic rings. The Balaban J connectivity index is 1.70. The summed E-state index contributed by atoms with van der Waals surface area (Å²) in [6.07, 6.45) is 6.69. The van der Waals surface area contributed by atoms with Crippen LogP contribution in [0.5, 0.6) is 0 Å². The summed E-state index contributed by atoms with van der Waals surface area (Å²) in [5.74, 6) is 0. The van der Waals surface area contributed by atoms with Gasteiger partial charge in [0.25, 0.3) is 0 Å². The average Bonchev–Trinajstić information content (AvgIpc) is 2.84. The van der Waals surface area contributed by atoms with Crippen LogP contribution in [0.4, 0.5) is 4.79 Å². The summed E-state index contributed by atoms with van der Waals surface area (Å²) < 4.78 is 0. The SMILES string of the molecule is O=C(NCCc1ccncc1)N1CCCC1. The summed E-state index contributed by atoms with van der Waals surface area (Å²) in [6.45, 7) is 2.50. The minimum absolute atomic E-state index is 0.0755. The Morgan fingerprint density at radius 1 is 1.31 bits per heavy atom. The van der Waals surface area contributed by atoms with Crippen molar-refractivity contribution in [2.45, 2.75) is 19.3 Å². The smallest absolute Gasteiger partial charge is 0.317 e. The van der Waals surface area contributed by atoms with E-state index < -0.39 is 0 Å². The highest BCUT2D eigenvalue weighted by molar-refractivity contribution is 5.74. The molecule has 0 aliphatic carbocycles. The van der Waals surface area contributed by atoms with Crippen LogP contribution in [-0.2, 0) is 6.42 Å². The Labute approximate surface area is 95.7 Å². The van der Waals surface area contributed by atoms with Crippen molar-refractivity contribution in [3.8, 4) is 0 Å². The molecule has 0 saturated carbocycles. The number of urea groups is 1. The van der Waals surface area contributed by atoms with Gasteiger partial charge in [0.05, 0.1) is 0 Å². The standard InChI is InChI=1S/C12H17N3O/c16-12(15-9-1-2-10-15)14-8-5-11-3-6-13-7-4-11/h3-4,6-7H,1-2,5,8-10H2,(H,14,16). The van der Waals surface area contributed by atoms with Crippen molar-refractivity contribution in [1.82, 2.24) is 15.2 Å². The number of carbonyl (C=O) groups excluding carboxylic acids is 1. The van der Waals surface area contributed by atoms with E-state index in [0.29, 0.717) is 6.54 Å². The predicted octanol–water partition coefficient (Wildman–Crippen LogP) is 1.43. The van der Waals surface area contributed by atoms with Gasteiger partial charge in [-0.3, -0.25) is 4.98 Å². The van der Waals surface area contributed by atoms with E-state index in [2.05, 4.69) is 10.3 Å². The molecule has 1 N–H and O–H groups in total. The van der Waals surface area contributed by atoms with Gasteiger partial charge in [-0.2, -0.15) is 0 Å². The molecule has 4 heteroatoms. The number of hydrogen-bond acceptors (Lipinski definition) is 2. The molecule has 2 rings (SSSR count). The molecule has 2 amide bonds. The average molecular weight is 219 g/mol. The number of aromatic nitrogens is 1. The minimum atomic E-state index is 0.0755. The molecule has 0 aromatic carbocycles. The van der Waals surface area contributed by atoms with E-state index in [1.165, 1.54) is 5.56 Å². The van der Waals surface area contributed by atoms with E-state index >= 15 is 0 Å². The summed E-state index contributed by atoms with van der Waals surface area (Å²) in [4.78, 5) is 17.5. The lowest BCUT2D eigenvalue weighted by Gasteiger charge is -2.15. The topological polar surface area (TPSA) is 45.2 Å². The number of nitrogens with zero attached hydrogens (tertiary/aromatic N) is 2. The van der Waals surface area contributed by atoms with E-state index in [-0.39, 0.29) is 6.03 Å². The van der Waals surface area contributed by atoms with Crippen LogP contribution in [0.3, 0.4) is 0 Å². The van der Waals surface area contributed by atoms with Crippen molar-refractivity contribution >= 4 is 6.03 Å². The number of likely N-dealkylation sites (tertiary alicyclic amines) is 1. The summed E-state index contributed by atoms with van der Waals surface area (Å²) in [5.41, 5.74) is 1.21. The lowest BCUT2D eigenvalue weighted by molar-refractivity contribution is 0.209. The van der Waals surface area contributed by atoms with Crippen LogP contribution in [0, 0.1) is 0 Å². The van der Waals surface area contributed by atoms with Gasteiger partial charge in [-0.1, -0.05) is 0 Å². The Bertz CT molecular complexity index is 333. The number of pyridine rings is 1.